The fourth-order valence-electron chi connectivity index (χ4n) is 1.79. The number of nitrogens with one attached hydrogen (secondary N) is 1. The van der Waals surface area contributed by atoms with E-state index in [1.54, 1.807) is 11.3 Å². The summed E-state index contributed by atoms with van der Waals surface area (Å²) in [6.45, 7) is 5.11. The van der Waals surface area contributed by atoms with Gasteiger partial charge in [0.2, 0.25) is 0 Å². The lowest BCUT2D eigenvalue weighted by Gasteiger charge is -2.12. The summed E-state index contributed by atoms with van der Waals surface area (Å²) in [4.78, 5) is 5.61. The number of halogens is 1. The fourth-order valence-corrected chi connectivity index (χ4v) is 2.65. The Balaban J connectivity index is 1.81. The second-order valence-corrected chi connectivity index (χ2v) is 6.23. The average molecular weight is 281 g/mol. The second kappa shape index (κ2) is 6.32. The number of rotatable bonds is 5. The molecule has 18 heavy (non-hydrogen) atoms. The Labute approximate surface area is 117 Å². The van der Waals surface area contributed by atoms with E-state index in [0.717, 1.165) is 23.0 Å². The van der Waals surface area contributed by atoms with Gasteiger partial charge in [0, 0.05) is 28.7 Å². The molecule has 0 aliphatic heterocycles. The van der Waals surface area contributed by atoms with E-state index in [2.05, 4.69) is 36.3 Å². The molecule has 0 radical (unpaired) electrons. The Hall–Kier alpha value is -0.900. The average Bonchev–Trinajstić information content (AvgIpc) is 2.76. The third-order valence-corrected chi connectivity index (χ3v) is 3.89. The molecule has 0 aliphatic carbocycles. The van der Waals surface area contributed by atoms with Crippen molar-refractivity contribution >= 4 is 22.9 Å². The number of thiazole rings is 1. The smallest absolute Gasteiger partial charge is 0.107 e. The first-order chi connectivity index (χ1) is 8.63. The maximum absolute atomic E-state index is 5.87. The van der Waals surface area contributed by atoms with Gasteiger partial charge in [-0.05, 0) is 38.0 Å². The van der Waals surface area contributed by atoms with Crippen molar-refractivity contribution in [2.24, 2.45) is 0 Å². The normalized spacial score (nSPS) is 12.6. The molecule has 0 saturated heterocycles. The zero-order chi connectivity index (χ0) is 13.0. The van der Waals surface area contributed by atoms with Crippen LogP contribution in [0, 0.1) is 6.92 Å². The van der Waals surface area contributed by atoms with E-state index in [0.29, 0.717) is 6.04 Å². The Morgan fingerprint density at radius 1 is 1.33 bits per heavy atom. The molecule has 0 fully saturated rings. The zero-order valence-corrected chi connectivity index (χ0v) is 12.2. The van der Waals surface area contributed by atoms with Gasteiger partial charge in [0.25, 0.3) is 0 Å². The minimum Gasteiger partial charge on any atom is -0.308 e. The van der Waals surface area contributed by atoms with Crippen molar-refractivity contribution in [3.63, 3.8) is 0 Å². The second-order valence-electron chi connectivity index (χ2n) is 4.48. The summed E-state index contributed by atoms with van der Waals surface area (Å²) >= 11 is 7.62. The molecule has 4 heteroatoms. The van der Waals surface area contributed by atoms with Gasteiger partial charge in [-0.1, -0.05) is 23.7 Å². The Kier molecular flexibility index (Phi) is 4.75. The zero-order valence-electron chi connectivity index (χ0n) is 10.6. The summed E-state index contributed by atoms with van der Waals surface area (Å²) < 4.78 is 0. The number of benzene rings is 1. The molecule has 1 unspecified atom stereocenters. The Bertz CT molecular complexity index is 493. The Morgan fingerprint density at radius 2 is 2.06 bits per heavy atom. The van der Waals surface area contributed by atoms with E-state index < -0.39 is 0 Å². The summed E-state index contributed by atoms with van der Waals surface area (Å²) in [6.07, 6.45) is 2.92. The first-order valence-corrected chi connectivity index (χ1v) is 7.22. The lowest BCUT2D eigenvalue weighted by atomic mass is 10.1. The molecule has 1 N–H and O–H groups in total. The number of hydrogen-bond acceptors (Lipinski definition) is 3. The first kappa shape index (κ1) is 13.5. The highest BCUT2D eigenvalue weighted by molar-refractivity contribution is 7.11. The summed E-state index contributed by atoms with van der Waals surface area (Å²) in [5.74, 6) is 0. The quantitative estimate of drug-likeness (QED) is 0.900. The van der Waals surface area contributed by atoms with Crippen molar-refractivity contribution in [3.05, 3.63) is 50.9 Å². The maximum Gasteiger partial charge on any atom is 0.107 e. The van der Waals surface area contributed by atoms with Crippen LogP contribution >= 0.6 is 22.9 Å². The lowest BCUT2D eigenvalue weighted by molar-refractivity contribution is 0.544. The van der Waals surface area contributed by atoms with Gasteiger partial charge in [-0.25, -0.2) is 4.98 Å². The summed E-state index contributed by atoms with van der Waals surface area (Å²) in [5, 5.41) is 5.43. The van der Waals surface area contributed by atoms with Crippen molar-refractivity contribution in [3.8, 4) is 0 Å². The molecule has 1 atom stereocenters. The van der Waals surface area contributed by atoms with Gasteiger partial charge in [-0.3, -0.25) is 0 Å². The van der Waals surface area contributed by atoms with Crippen LogP contribution in [-0.2, 0) is 13.0 Å². The topological polar surface area (TPSA) is 24.9 Å². The maximum atomic E-state index is 5.87. The highest BCUT2D eigenvalue weighted by Crippen LogP contribution is 2.13. The Morgan fingerprint density at radius 3 is 2.67 bits per heavy atom. The highest BCUT2D eigenvalue weighted by atomic mass is 35.5. The summed E-state index contributed by atoms with van der Waals surface area (Å²) in [6, 6.07) is 8.46. The van der Waals surface area contributed by atoms with Crippen LogP contribution in [0.4, 0.5) is 0 Å². The van der Waals surface area contributed by atoms with Gasteiger partial charge in [-0.15, -0.1) is 11.3 Å². The molecule has 1 aromatic carbocycles. The van der Waals surface area contributed by atoms with Crippen LogP contribution in [0.5, 0.6) is 0 Å². The van der Waals surface area contributed by atoms with Gasteiger partial charge in [0.05, 0.1) is 0 Å². The molecule has 96 valence electrons. The molecule has 0 saturated carbocycles. The van der Waals surface area contributed by atoms with Gasteiger partial charge in [0.15, 0.2) is 0 Å². The van der Waals surface area contributed by atoms with Gasteiger partial charge in [0.1, 0.15) is 5.01 Å². The monoisotopic (exact) mass is 280 g/mol. The summed E-state index contributed by atoms with van der Waals surface area (Å²) in [7, 11) is 0. The van der Waals surface area contributed by atoms with Crippen molar-refractivity contribution in [2.45, 2.75) is 32.9 Å². The van der Waals surface area contributed by atoms with E-state index in [1.807, 2.05) is 18.3 Å². The van der Waals surface area contributed by atoms with Gasteiger partial charge in [-0.2, -0.15) is 0 Å². The predicted molar refractivity (Wildman–Crippen MR) is 78.3 cm³/mol. The van der Waals surface area contributed by atoms with Crippen LogP contribution in [0.15, 0.2) is 30.5 Å². The molecule has 2 rings (SSSR count). The SMILES string of the molecule is Cc1cnc(CNC(C)Cc2ccc(Cl)cc2)s1. The molecule has 0 amide bonds. The molecule has 1 heterocycles. The number of nitrogens with zero attached hydrogens (tertiary/aromatic N) is 1. The minimum atomic E-state index is 0.426. The summed E-state index contributed by atoms with van der Waals surface area (Å²) in [5.41, 5.74) is 1.30. The molecular formula is C14H17ClN2S. The third-order valence-electron chi connectivity index (χ3n) is 2.73. The molecule has 0 aliphatic rings. The number of aryl methyl sites for hydroxylation is 1. The van der Waals surface area contributed by atoms with Crippen LogP contribution in [0.3, 0.4) is 0 Å². The van der Waals surface area contributed by atoms with Crippen LogP contribution in [0.1, 0.15) is 22.4 Å². The van der Waals surface area contributed by atoms with Crippen LogP contribution in [-0.4, -0.2) is 11.0 Å². The van der Waals surface area contributed by atoms with E-state index in [4.69, 9.17) is 11.6 Å². The predicted octanol–water partition coefficient (Wildman–Crippen LogP) is 3.83. The lowest BCUT2D eigenvalue weighted by Crippen LogP contribution is -2.27. The first-order valence-electron chi connectivity index (χ1n) is 6.02. The number of hydrogen-bond donors (Lipinski definition) is 1. The van der Waals surface area contributed by atoms with Crippen molar-refractivity contribution in [1.82, 2.24) is 10.3 Å². The molecule has 0 bridgehead atoms. The van der Waals surface area contributed by atoms with Crippen molar-refractivity contribution in [1.29, 1.82) is 0 Å². The number of aromatic nitrogens is 1. The highest BCUT2D eigenvalue weighted by Gasteiger charge is 2.05. The molecule has 0 spiro atoms. The van der Waals surface area contributed by atoms with E-state index in [1.165, 1.54) is 10.4 Å². The van der Waals surface area contributed by atoms with Crippen molar-refractivity contribution in [2.75, 3.05) is 0 Å². The molecule has 2 nitrogen and oxygen atoms in total. The fraction of sp³-hybridized carbons (Fsp3) is 0.357. The van der Waals surface area contributed by atoms with Crippen molar-refractivity contribution < 1.29 is 0 Å². The minimum absolute atomic E-state index is 0.426. The van der Waals surface area contributed by atoms with Crippen LogP contribution in [0.25, 0.3) is 0 Å². The van der Waals surface area contributed by atoms with E-state index >= 15 is 0 Å². The molecule has 2 aromatic rings. The van der Waals surface area contributed by atoms with E-state index in [-0.39, 0.29) is 0 Å². The van der Waals surface area contributed by atoms with Crippen LogP contribution < -0.4 is 5.32 Å². The standard InChI is InChI=1S/C14H17ClN2S/c1-10(7-12-3-5-13(15)6-4-12)16-9-14-17-8-11(2)18-14/h3-6,8,10,16H,7,9H2,1-2H3. The van der Waals surface area contributed by atoms with E-state index in [9.17, 15) is 0 Å². The van der Waals surface area contributed by atoms with Gasteiger partial charge >= 0.3 is 0 Å². The molecular weight excluding hydrogens is 264 g/mol. The third kappa shape index (κ3) is 4.09. The van der Waals surface area contributed by atoms with Gasteiger partial charge < -0.3 is 5.32 Å². The van der Waals surface area contributed by atoms with Crippen LogP contribution in [0.2, 0.25) is 5.02 Å². The largest absolute Gasteiger partial charge is 0.308 e. The molecule has 1 aromatic heterocycles.